The highest BCUT2D eigenvalue weighted by Gasteiger charge is 2.12. The molecule has 0 aromatic heterocycles. The molecule has 0 heterocycles. The van der Waals surface area contributed by atoms with Crippen molar-refractivity contribution in [2.45, 2.75) is 26.0 Å². The van der Waals surface area contributed by atoms with Crippen LogP contribution in [-0.2, 0) is 4.74 Å². The van der Waals surface area contributed by atoms with Crippen LogP contribution in [0, 0.1) is 5.82 Å². The minimum absolute atomic E-state index is 0.141. The summed E-state index contributed by atoms with van der Waals surface area (Å²) in [6.07, 6.45) is 0.141. The second-order valence-corrected chi connectivity index (χ2v) is 4.67. The first kappa shape index (κ1) is 13.0. The molecule has 0 radical (unpaired) electrons. The van der Waals surface area contributed by atoms with Crippen molar-refractivity contribution in [2.24, 2.45) is 5.73 Å². The number of ether oxygens (including phenoxy) is 1. The van der Waals surface area contributed by atoms with E-state index in [9.17, 15) is 4.39 Å². The summed E-state index contributed by atoms with van der Waals surface area (Å²) >= 11 is 0. The predicted octanol–water partition coefficient (Wildman–Crippen LogP) is 3.40. The zero-order valence-electron chi connectivity index (χ0n) is 10.7. The Hall–Kier alpha value is -1.45. The van der Waals surface area contributed by atoms with Crippen molar-refractivity contribution in [2.75, 3.05) is 6.61 Å². The number of fused-ring (bicyclic) bond motifs is 1. The van der Waals surface area contributed by atoms with Crippen molar-refractivity contribution in [3.63, 3.8) is 0 Å². The minimum atomic E-state index is -0.238. The van der Waals surface area contributed by atoms with Crippen molar-refractivity contribution in [3.05, 3.63) is 47.8 Å². The van der Waals surface area contributed by atoms with Crippen LogP contribution >= 0.6 is 0 Å². The predicted molar refractivity (Wildman–Crippen MR) is 71.9 cm³/mol. The molecule has 1 atom stereocenters. The van der Waals surface area contributed by atoms with Crippen LogP contribution in [0.5, 0.6) is 0 Å². The molecule has 0 saturated heterocycles. The Kier molecular flexibility index (Phi) is 3.94. The molecule has 2 rings (SSSR count). The fraction of sp³-hybridized carbons (Fsp3) is 0.333. The molecule has 2 aromatic rings. The molecule has 0 aliphatic rings. The molecule has 2 aromatic carbocycles. The van der Waals surface area contributed by atoms with Crippen molar-refractivity contribution < 1.29 is 9.13 Å². The van der Waals surface area contributed by atoms with Crippen LogP contribution in [0.15, 0.2) is 36.4 Å². The molecule has 0 saturated carbocycles. The number of benzene rings is 2. The smallest absolute Gasteiger partial charge is 0.131 e. The first-order chi connectivity index (χ1) is 8.59. The maximum atomic E-state index is 13.7. The zero-order chi connectivity index (χ0) is 13.1. The highest BCUT2D eigenvalue weighted by atomic mass is 19.1. The third-order valence-electron chi connectivity index (χ3n) is 2.91. The summed E-state index contributed by atoms with van der Waals surface area (Å²) in [6.45, 7) is 4.37. The van der Waals surface area contributed by atoms with E-state index >= 15 is 0 Å². The number of hydrogen-bond donors (Lipinski definition) is 1. The number of rotatable bonds is 4. The van der Waals surface area contributed by atoms with Gasteiger partial charge in [0, 0.05) is 5.39 Å². The Morgan fingerprint density at radius 1 is 1.11 bits per heavy atom. The average Bonchev–Trinajstić information content (AvgIpc) is 2.37. The second-order valence-electron chi connectivity index (χ2n) is 4.67. The lowest BCUT2D eigenvalue weighted by Gasteiger charge is -2.17. The first-order valence-electron chi connectivity index (χ1n) is 6.14. The molecule has 3 heteroatoms. The standard InChI is InChI=1S/C15H18FNO/c1-10(2)18-9-15(17)13-7-8-14(16)12-6-4-3-5-11(12)13/h3-8,10,15H,9,17H2,1-2H3. The summed E-state index contributed by atoms with van der Waals surface area (Å²) in [5.41, 5.74) is 7.04. The molecular weight excluding hydrogens is 229 g/mol. The van der Waals surface area contributed by atoms with E-state index in [1.54, 1.807) is 12.1 Å². The Morgan fingerprint density at radius 2 is 1.78 bits per heavy atom. The van der Waals surface area contributed by atoms with Crippen LogP contribution in [0.1, 0.15) is 25.5 Å². The maximum absolute atomic E-state index is 13.7. The Labute approximate surface area is 107 Å². The van der Waals surface area contributed by atoms with Gasteiger partial charge in [0.2, 0.25) is 0 Å². The fourth-order valence-electron chi connectivity index (χ4n) is 1.99. The minimum Gasteiger partial charge on any atom is -0.377 e. The van der Waals surface area contributed by atoms with E-state index in [1.165, 1.54) is 6.07 Å². The zero-order valence-corrected chi connectivity index (χ0v) is 10.7. The molecule has 0 bridgehead atoms. The molecule has 0 amide bonds. The van der Waals surface area contributed by atoms with E-state index in [4.69, 9.17) is 10.5 Å². The van der Waals surface area contributed by atoms with Crippen molar-refractivity contribution in [1.82, 2.24) is 0 Å². The van der Waals surface area contributed by atoms with Gasteiger partial charge in [0.25, 0.3) is 0 Å². The lowest BCUT2D eigenvalue weighted by Crippen LogP contribution is -2.20. The van der Waals surface area contributed by atoms with Gasteiger partial charge in [-0.3, -0.25) is 0 Å². The summed E-state index contributed by atoms with van der Waals surface area (Å²) in [7, 11) is 0. The molecule has 0 aliphatic heterocycles. The lowest BCUT2D eigenvalue weighted by molar-refractivity contribution is 0.0685. The molecule has 0 spiro atoms. The number of hydrogen-bond acceptors (Lipinski definition) is 2. The molecule has 18 heavy (non-hydrogen) atoms. The van der Waals surface area contributed by atoms with E-state index < -0.39 is 0 Å². The Morgan fingerprint density at radius 3 is 2.44 bits per heavy atom. The average molecular weight is 247 g/mol. The second kappa shape index (κ2) is 5.46. The van der Waals surface area contributed by atoms with Crippen molar-refractivity contribution in [1.29, 1.82) is 0 Å². The van der Waals surface area contributed by atoms with Crippen LogP contribution in [0.4, 0.5) is 4.39 Å². The number of halogens is 1. The van der Waals surface area contributed by atoms with Gasteiger partial charge in [-0.15, -0.1) is 0 Å². The summed E-state index contributed by atoms with van der Waals surface area (Å²) in [4.78, 5) is 0. The highest BCUT2D eigenvalue weighted by molar-refractivity contribution is 5.86. The third-order valence-corrected chi connectivity index (χ3v) is 2.91. The van der Waals surface area contributed by atoms with E-state index in [0.717, 1.165) is 10.9 Å². The van der Waals surface area contributed by atoms with Crippen molar-refractivity contribution in [3.8, 4) is 0 Å². The van der Waals surface area contributed by atoms with Crippen LogP contribution in [0.2, 0.25) is 0 Å². The van der Waals surface area contributed by atoms with Gasteiger partial charge in [-0.1, -0.05) is 30.3 Å². The number of nitrogens with two attached hydrogens (primary N) is 1. The van der Waals surface area contributed by atoms with Gasteiger partial charge in [0.1, 0.15) is 5.82 Å². The SMILES string of the molecule is CC(C)OCC(N)c1ccc(F)c2ccccc12. The van der Waals surface area contributed by atoms with Gasteiger partial charge >= 0.3 is 0 Å². The highest BCUT2D eigenvalue weighted by Crippen LogP contribution is 2.25. The van der Waals surface area contributed by atoms with Crippen LogP contribution in [0.3, 0.4) is 0 Å². The van der Waals surface area contributed by atoms with Gasteiger partial charge in [0.15, 0.2) is 0 Å². The van der Waals surface area contributed by atoms with Gasteiger partial charge in [-0.2, -0.15) is 0 Å². The van der Waals surface area contributed by atoms with Crippen LogP contribution in [-0.4, -0.2) is 12.7 Å². The Bertz CT molecular complexity index is 539. The Balaban J connectivity index is 2.36. The van der Waals surface area contributed by atoms with Crippen LogP contribution in [0.25, 0.3) is 10.8 Å². The fourth-order valence-corrected chi connectivity index (χ4v) is 1.99. The van der Waals surface area contributed by atoms with Gasteiger partial charge in [-0.25, -0.2) is 4.39 Å². The molecule has 0 aliphatic carbocycles. The van der Waals surface area contributed by atoms with E-state index in [-0.39, 0.29) is 18.0 Å². The van der Waals surface area contributed by atoms with Crippen LogP contribution < -0.4 is 5.73 Å². The van der Waals surface area contributed by atoms with Gasteiger partial charge < -0.3 is 10.5 Å². The van der Waals surface area contributed by atoms with Crippen molar-refractivity contribution >= 4 is 10.8 Å². The summed E-state index contributed by atoms with van der Waals surface area (Å²) < 4.78 is 19.2. The van der Waals surface area contributed by atoms with E-state index in [2.05, 4.69) is 0 Å². The molecule has 1 unspecified atom stereocenters. The largest absolute Gasteiger partial charge is 0.377 e. The first-order valence-corrected chi connectivity index (χ1v) is 6.14. The summed E-state index contributed by atoms with van der Waals surface area (Å²) in [5.74, 6) is -0.216. The molecule has 96 valence electrons. The molecular formula is C15H18FNO. The molecule has 2 N–H and O–H groups in total. The van der Waals surface area contributed by atoms with E-state index in [0.29, 0.717) is 12.0 Å². The quantitative estimate of drug-likeness (QED) is 0.898. The summed E-state index contributed by atoms with van der Waals surface area (Å²) in [5, 5.41) is 1.47. The monoisotopic (exact) mass is 247 g/mol. The maximum Gasteiger partial charge on any atom is 0.131 e. The normalized spacial score (nSPS) is 13.2. The topological polar surface area (TPSA) is 35.2 Å². The molecule has 2 nitrogen and oxygen atoms in total. The lowest BCUT2D eigenvalue weighted by atomic mass is 9.99. The molecule has 0 fully saturated rings. The third kappa shape index (κ3) is 2.68. The van der Waals surface area contributed by atoms with E-state index in [1.807, 2.05) is 32.0 Å². The van der Waals surface area contributed by atoms with Gasteiger partial charge in [0.05, 0.1) is 18.8 Å². The summed E-state index contributed by atoms with van der Waals surface area (Å²) in [6, 6.07) is 10.3. The van der Waals surface area contributed by atoms with Gasteiger partial charge in [-0.05, 0) is 30.9 Å².